The summed E-state index contributed by atoms with van der Waals surface area (Å²) in [6.07, 6.45) is 6.78. The summed E-state index contributed by atoms with van der Waals surface area (Å²) >= 11 is 0. The molecule has 1 aliphatic carbocycles. The molecule has 1 saturated heterocycles. The zero-order valence-corrected chi connectivity index (χ0v) is 21.6. The number of para-hydroxylation sites is 1. The number of benzene rings is 2. The van der Waals surface area contributed by atoms with E-state index in [1.54, 1.807) is 10.9 Å². The van der Waals surface area contributed by atoms with Crippen molar-refractivity contribution >= 4 is 28.5 Å². The van der Waals surface area contributed by atoms with Gasteiger partial charge >= 0.3 is 0 Å². The number of nitrogens with zero attached hydrogens (tertiary/aromatic N) is 6. The number of rotatable bonds is 8. The molecule has 1 saturated carbocycles. The molecular weight excluding hydrogens is 492 g/mol. The monoisotopic (exact) mass is 522 g/mol. The number of piperidine rings is 1. The van der Waals surface area contributed by atoms with Crippen LogP contribution in [-0.4, -0.2) is 49.4 Å². The molecule has 2 aromatic heterocycles. The third-order valence-corrected chi connectivity index (χ3v) is 7.91. The lowest BCUT2D eigenvalue weighted by Gasteiger charge is -2.40. The highest BCUT2D eigenvalue weighted by Crippen LogP contribution is 2.36. The van der Waals surface area contributed by atoms with Crippen molar-refractivity contribution < 1.29 is 9.59 Å². The van der Waals surface area contributed by atoms with E-state index < -0.39 is 11.4 Å². The lowest BCUT2D eigenvalue weighted by atomic mass is 9.84. The molecule has 2 aliphatic rings. The van der Waals surface area contributed by atoms with E-state index in [9.17, 15) is 14.9 Å². The molecule has 10 nitrogen and oxygen atoms in total. The predicted molar refractivity (Wildman–Crippen MR) is 146 cm³/mol. The molecule has 4 aromatic rings. The van der Waals surface area contributed by atoms with Gasteiger partial charge in [0.1, 0.15) is 5.56 Å². The molecule has 2 aromatic carbocycles. The minimum atomic E-state index is -0.650. The molecule has 10 heteroatoms. The van der Waals surface area contributed by atoms with Crippen LogP contribution in [-0.2, 0) is 16.9 Å². The first-order valence-electron chi connectivity index (χ1n) is 13.3. The van der Waals surface area contributed by atoms with Crippen LogP contribution in [0.2, 0.25) is 0 Å². The number of amides is 2. The van der Waals surface area contributed by atoms with Gasteiger partial charge in [-0.25, -0.2) is 4.68 Å². The van der Waals surface area contributed by atoms with Gasteiger partial charge in [-0.15, -0.1) is 0 Å². The molecule has 198 valence electrons. The van der Waals surface area contributed by atoms with E-state index in [4.69, 9.17) is 5.73 Å². The van der Waals surface area contributed by atoms with Crippen LogP contribution in [0.4, 0.5) is 5.82 Å². The van der Waals surface area contributed by atoms with E-state index >= 15 is 0 Å². The quantitative estimate of drug-likeness (QED) is 0.363. The summed E-state index contributed by atoms with van der Waals surface area (Å²) in [6, 6.07) is 18.9. The average molecular weight is 523 g/mol. The molecule has 3 N–H and O–H groups in total. The molecule has 6 rings (SSSR count). The van der Waals surface area contributed by atoms with Crippen molar-refractivity contribution in [1.82, 2.24) is 24.5 Å². The highest BCUT2D eigenvalue weighted by Gasteiger charge is 2.39. The second-order valence-electron chi connectivity index (χ2n) is 10.6. The fourth-order valence-corrected chi connectivity index (χ4v) is 5.39. The van der Waals surface area contributed by atoms with Crippen LogP contribution in [0.3, 0.4) is 0 Å². The maximum absolute atomic E-state index is 12.3. The highest BCUT2D eigenvalue weighted by atomic mass is 16.2. The Kier molecular flexibility index (Phi) is 6.37. The molecule has 1 aliphatic heterocycles. The minimum Gasteiger partial charge on any atom is -0.365 e. The first-order chi connectivity index (χ1) is 19.0. The zero-order valence-electron chi connectivity index (χ0n) is 21.6. The third-order valence-electron chi connectivity index (χ3n) is 7.91. The molecule has 0 bridgehead atoms. The van der Waals surface area contributed by atoms with Crippen molar-refractivity contribution in [3.05, 3.63) is 72.1 Å². The van der Waals surface area contributed by atoms with E-state index in [1.165, 1.54) is 5.56 Å². The van der Waals surface area contributed by atoms with Crippen molar-refractivity contribution in [3.8, 4) is 11.8 Å². The van der Waals surface area contributed by atoms with Gasteiger partial charge in [0.2, 0.25) is 5.91 Å². The van der Waals surface area contributed by atoms with Crippen molar-refractivity contribution in [3.63, 3.8) is 0 Å². The molecule has 0 atom stereocenters. The number of anilines is 1. The van der Waals surface area contributed by atoms with Gasteiger partial charge in [-0.2, -0.15) is 15.5 Å². The number of primary amides is 1. The van der Waals surface area contributed by atoms with Gasteiger partial charge in [-0.1, -0.05) is 30.3 Å². The number of hydrogen-bond acceptors (Lipinski definition) is 6. The fraction of sp³-hybridized carbons (Fsp3) is 0.345. The number of nitriles is 1. The van der Waals surface area contributed by atoms with Crippen molar-refractivity contribution in [2.24, 2.45) is 11.7 Å². The standard InChI is InChI=1S/C29H30N8O2/c30-14-11-29(36-19-24(26(31)38)27(34-36)33-28(39)21-7-8-21)12-15-35(16-13-29)18-20-5-9-23(10-6-20)37-25-4-2-1-3-22(25)17-32-37/h1-6,9-10,17,19,21H,7-8,11-13,15-16,18H2,(H2,31,38)(H,33,34,39). The number of nitrogens with one attached hydrogen (secondary N) is 1. The summed E-state index contributed by atoms with van der Waals surface area (Å²) in [5.74, 6) is -0.633. The van der Waals surface area contributed by atoms with Crippen molar-refractivity contribution in [2.75, 3.05) is 18.4 Å². The SMILES string of the molecule is N#CCC1(n2cc(C(N)=O)c(NC(=O)C3CC3)n2)CCN(Cc2ccc(-n3ncc4ccccc43)cc2)CC1. The van der Waals surface area contributed by atoms with Crippen LogP contribution >= 0.6 is 0 Å². The molecule has 0 unspecified atom stereocenters. The summed E-state index contributed by atoms with van der Waals surface area (Å²) in [6.45, 7) is 2.32. The van der Waals surface area contributed by atoms with E-state index in [0.29, 0.717) is 12.8 Å². The highest BCUT2D eigenvalue weighted by molar-refractivity contribution is 6.02. The third kappa shape index (κ3) is 4.89. The summed E-state index contributed by atoms with van der Waals surface area (Å²) in [7, 11) is 0. The number of fused-ring (bicyclic) bond motifs is 1. The first kappa shape index (κ1) is 24.8. The number of aromatic nitrogens is 4. The lowest BCUT2D eigenvalue weighted by Crippen LogP contribution is -2.46. The van der Waals surface area contributed by atoms with Crippen LogP contribution < -0.4 is 11.1 Å². The maximum Gasteiger partial charge on any atom is 0.254 e. The smallest absolute Gasteiger partial charge is 0.254 e. The van der Waals surface area contributed by atoms with E-state index in [1.807, 2.05) is 23.0 Å². The molecule has 3 heterocycles. The van der Waals surface area contributed by atoms with Crippen LogP contribution in [0.25, 0.3) is 16.6 Å². The van der Waals surface area contributed by atoms with Gasteiger partial charge in [0.15, 0.2) is 5.82 Å². The zero-order chi connectivity index (χ0) is 27.0. The second-order valence-corrected chi connectivity index (χ2v) is 10.6. The van der Waals surface area contributed by atoms with Gasteiger partial charge in [0.05, 0.1) is 35.4 Å². The first-order valence-corrected chi connectivity index (χ1v) is 13.3. The molecule has 0 spiro atoms. The van der Waals surface area contributed by atoms with Gasteiger partial charge < -0.3 is 11.1 Å². The molecule has 0 radical (unpaired) electrons. The number of carbonyl (C=O) groups is 2. The molecule has 2 amide bonds. The van der Waals surface area contributed by atoms with Crippen LogP contribution in [0.5, 0.6) is 0 Å². The Hall–Kier alpha value is -4.49. The molecular formula is C29H30N8O2. The van der Waals surface area contributed by atoms with Crippen molar-refractivity contribution in [2.45, 2.75) is 44.2 Å². The second kappa shape index (κ2) is 10.0. The Morgan fingerprint density at radius 3 is 2.54 bits per heavy atom. The summed E-state index contributed by atoms with van der Waals surface area (Å²) in [4.78, 5) is 26.8. The Morgan fingerprint density at radius 2 is 1.85 bits per heavy atom. The Bertz CT molecular complexity index is 1570. The van der Waals surface area contributed by atoms with Gasteiger partial charge in [0.25, 0.3) is 5.91 Å². The molecule has 2 fully saturated rings. The normalized spacial score (nSPS) is 17.1. The summed E-state index contributed by atoms with van der Waals surface area (Å²) in [5, 5.41) is 22.6. The van der Waals surface area contributed by atoms with Crippen LogP contribution in [0.15, 0.2) is 60.9 Å². The van der Waals surface area contributed by atoms with Gasteiger partial charge in [-0.05, 0) is 49.4 Å². The lowest BCUT2D eigenvalue weighted by molar-refractivity contribution is -0.117. The molecule has 39 heavy (non-hydrogen) atoms. The Morgan fingerprint density at radius 1 is 1.10 bits per heavy atom. The Labute approximate surface area is 226 Å². The number of carbonyl (C=O) groups excluding carboxylic acids is 2. The minimum absolute atomic E-state index is 0.0276. The van der Waals surface area contributed by atoms with Crippen molar-refractivity contribution in [1.29, 1.82) is 5.26 Å². The van der Waals surface area contributed by atoms with Crippen LogP contribution in [0, 0.1) is 17.2 Å². The topological polar surface area (TPSA) is 135 Å². The Balaban J connectivity index is 1.15. The average Bonchev–Trinajstić information content (AvgIpc) is 3.57. The summed E-state index contributed by atoms with van der Waals surface area (Å²) < 4.78 is 3.64. The number of nitrogens with two attached hydrogens (primary N) is 1. The van der Waals surface area contributed by atoms with E-state index in [-0.39, 0.29) is 29.6 Å². The predicted octanol–water partition coefficient (Wildman–Crippen LogP) is 3.57. The number of likely N-dealkylation sites (tertiary alicyclic amines) is 1. The van der Waals surface area contributed by atoms with E-state index in [2.05, 4.69) is 62.9 Å². The van der Waals surface area contributed by atoms with Crippen LogP contribution in [0.1, 0.15) is 48.0 Å². The maximum atomic E-state index is 12.3. The largest absolute Gasteiger partial charge is 0.365 e. The fourth-order valence-electron chi connectivity index (χ4n) is 5.39. The number of hydrogen-bond donors (Lipinski definition) is 2. The van der Waals surface area contributed by atoms with Gasteiger partial charge in [0, 0.05) is 37.1 Å². The van der Waals surface area contributed by atoms with Gasteiger partial charge in [-0.3, -0.25) is 19.2 Å². The summed E-state index contributed by atoms with van der Waals surface area (Å²) in [5.41, 5.74) is 8.49. The van der Waals surface area contributed by atoms with E-state index in [0.717, 1.165) is 49.1 Å².